The minimum Gasteiger partial charge on any atom is -0.352 e. The first-order valence-electron chi connectivity index (χ1n) is 6.91. The molecule has 0 unspecified atom stereocenters. The van der Waals surface area contributed by atoms with E-state index in [0.717, 1.165) is 0 Å². The molecule has 0 aliphatic carbocycles. The maximum Gasteiger partial charge on any atom is 0.329 e. The van der Waals surface area contributed by atoms with Crippen LogP contribution in [0.5, 0.6) is 0 Å². The minimum atomic E-state index is -0.578. The molecule has 112 valence electrons. The summed E-state index contributed by atoms with van der Waals surface area (Å²) in [5, 5.41) is 3.23. The second-order valence-corrected chi connectivity index (χ2v) is 5.46. The number of para-hydroxylation sites is 1. The molecular weight excluding hydrogens is 270 g/mol. The van der Waals surface area contributed by atoms with E-state index >= 15 is 0 Å². The molecule has 0 saturated heterocycles. The van der Waals surface area contributed by atoms with Gasteiger partial charge in [-0.2, -0.15) is 0 Å². The molecule has 1 amide bonds. The van der Waals surface area contributed by atoms with Gasteiger partial charge in [-0.1, -0.05) is 26.0 Å². The first kappa shape index (κ1) is 15.0. The Hall–Kier alpha value is -2.37. The van der Waals surface area contributed by atoms with Crippen molar-refractivity contribution in [3.8, 4) is 0 Å². The van der Waals surface area contributed by atoms with E-state index in [1.807, 2.05) is 20.8 Å². The van der Waals surface area contributed by atoms with Crippen molar-refractivity contribution in [2.45, 2.75) is 33.4 Å². The van der Waals surface area contributed by atoms with Gasteiger partial charge in [-0.3, -0.25) is 19.1 Å². The molecule has 1 heterocycles. The average Bonchev–Trinajstić information content (AvgIpc) is 2.43. The summed E-state index contributed by atoms with van der Waals surface area (Å²) in [7, 11) is 0. The molecule has 2 rings (SSSR count). The van der Waals surface area contributed by atoms with Gasteiger partial charge < -0.3 is 5.32 Å². The van der Waals surface area contributed by atoms with Gasteiger partial charge >= 0.3 is 5.69 Å². The topological polar surface area (TPSA) is 84.0 Å². The Bertz CT molecular complexity index is 774. The number of rotatable bonds is 4. The monoisotopic (exact) mass is 289 g/mol. The van der Waals surface area contributed by atoms with Gasteiger partial charge in [0.15, 0.2) is 0 Å². The number of benzene rings is 1. The van der Waals surface area contributed by atoms with Gasteiger partial charge in [0.05, 0.1) is 10.9 Å². The predicted octanol–water partition coefficient (Wildman–Crippen LogP) is 0.851. The number of aromatic nitrogens is 2. The zero-order valence-electron chi connectivity index (χ0n) is 12.3. The molecule has 0 spiro atoms. The Morgan fingerprint density at radius 2 is 1.90 bits per heavy atom. The second kappa shape index (κ2) is 5.95. The lowest BCUT2D eigenvalue weighted by Crippen LogP contribution is -2.41. The third-order valence-corrected chi connectivity index (χ3v) is 3.60. The molecule has 0 saturated carbocycles. The van der Waals surface area contributed by atoms with Crippen LogP contribution >= 0.6 is 0 Å². The Morgan fingerprint density at radius 3 is 2.57 bits per heavy atom. The maximum absolute atomic E-state index is 12.0. The summed E-state index contributed by atoms with van der Waals surface area (Å²) in [5.41, 5.74) is -0.563. The smallest absolute Gasteiger partial charge is 0.329 e. The molecule has 6 heteroatoms. The van der Waals surface area contributed by atoms with E-state index in [2.05, 4.69) is 10.3 Å². The van der Waals surface area contributed by atoms with Gasteiger partial charge in [0.1, 0.15) is 6.54 Å². The van der Waals surface area contributed by atoms with Crippen LogP contribution in [0.4, 0.5) is 0 Å². The average molecular weight is 289 g/mol. The molecule has 1 atom stereocenters. The molecule has 0 fully saturated rings. The number of hydrogen-bond donors (Lipinski definition) is 2. The molecule has 2 N–H and O–H groups in total. The van der Waals surface area contributed by atoms with Crippen molar-refractivity contribution in [1.29, 1.82) is 0 Å². The molecule has 0 aliphatic rings. The van der Waals surface area contributed by atoms with E-state index in [9.17, 15) is 14.4 Å². The number of carbonyl (C=O) groups is 1. The highest BCUT2D eigenvalue weighted by Gasteiger charge is 2.14. The zero-order valence-corrected chi connectivity index (χ0v) is 12.3. The van der Waals surface area contributed by atoms with Crippen molar-refractivity contribution in [3.63, 3.8) is 0 Å². The van der Waals surface area contributed by atoms with E-state index in [1.165, 1.54) is 4.57 Å². The lowest BCUT2D eigenvalue weighted by atomic mass is 10.1. The molecule has 6 nitrogen and oxygen atoms in total. The van der Waals surface area contributed by atoms with Crippen LogP contribution in [0.15, 0.2) is 33.9 Å². The van der Waals surface area contributed by atoms with Gasteiger partial charge in [-0.25, -0.2) is 4.79 Å². The normalized spacial score (nSPS) is 12.6. The third-order valence-electron chi connectivity index (χ3n) is 3.60. The Balaban J connectivity index is 2.37. The highest BCUT2D eigenvalue weighted by atomic mass is 16.2. The number of nitrogens with one attached hydrogen (secondary N) is 2. The minimum absolute atomic E-state index is 0.0160. The predicted molar refractivity (Wildman–Crippen MR) is 81.3 cm³/mol. The third kappa shape index (κ3) is 3.21. The van der Waals surface area contributed by atoms with Gasteiger partial charge in [-0.05, 0) is 25.0 Å². The highest BCUT2D eigenvalue weighted by molar-refractivity contribution is 5.81. The van der Waals surface area contributed by atoms with Gasteiger partial charge in [-0.15, -0.1) is 0 Å². The Morgan fingerprint density at radius 1 is 1.24 bits per heavy atom. The van der Waals surface area contributed by atoms with Crippen LogP contribution in [0.25, 0.3) is 10.9 Å². The van der Waals surface area contributed by atoms with Gasteiger partial charge in [0.2, 0.25) is 5.91 Å². The van der Waals surface area contributed by atoms with E-state index in [4.69, 9.17) is 0 Å². The molecule has 21 heavy (non-hydrogen) atoms. The number of H-pyrrole nitrogens is 1. The summed E-state index contributed by atoms with van der Waals surface area (Å²) in [6.45, 7) is 5.81. The van der Waals surface area contributed by atoms with Crippen molar-refractivity contribution in [1.82, 2.24) is 14.9 Å². The molecule has 2 aromatic rings. The van der Waals surface area contributed by atoms with Crippen LogP contribution < -0.4 is 16.6 Å². The van der Waals surface area contributed by atoms with Crippen LogP contribution in [0.2, 0.25) is 0 Å². The molecule has 1 aromatic carbocycles. The van der Waals surface area contributed by atoms with Crippen molar-refractivity contribution in [2.75, 3.05) is 0 Å². The first-order chi connectivity index (χ1) is 9.90. The standard InChI is InChI=1S/C15H19N3O3/c1-9(2)10(3)16-13(19)8-18-12-7-5-4-6-11(12)14(20)17-15(18)21/h4-7,9-10H,8H2,1-3H3,(H,16,19)(H,17,20,21)/t10-/m1/s1. The van der Waals surface area contributed by atoms with E-state index in [1.54, 1.807) is 24.3 Å². The van der Waals surface area contributed by atoms with Crippen molar-refractivity contribution >= 4 is 16.8 Å². The fraction of sp³-hybridized carbons (Fsp3) is 0.400. The lowest BCUT2D eigenvalue weighted by Gasteiger charge is -2.18. The van der Waals surface area contributed by atoms with Gasteiger partial charge in [0.25, 0.3) is 5.56 Å². The van der Waals surface area contributed by atoms with Crippen molar-refractivity contribution < 1.29 is 4.79 Å². The number of nitrogens with zero attached hydrogens (tertiary/aromatic N) is 1. The summed E-state index contributed by atoms with van der Waals surface area (Å²) in [6.07, 6.45) is 0. The fourth-order valence-electron chi connectivity index (χ4n) is 2.01. The number of amides is 1. The summed E-state index contributed by atoms with van der Waals surface area (Å²) >= 11 is 0. The highest BCUT2D eigenvalue weighted by Crippen LogP contribution is 2.06. The second-order valence-electron chi connectivity index (χ2n) is 5.46. The molecule has 0 aliphatic heterocycles. The summed E-state index contributed by atoms with van der Waals surface area (Å²) in [4.78, 5) is 38.0. The fourth-order valence-corrected chi connectivity index (χ4v) is 2.01. The van der Waals surface area contributed by atoms with E-state index < -0.39 is 11.2 Å². The largest absolute Gasteiger partial charge is 0.352 e. The quantitative estimate of drug-likeness (QED) is 0.875. The maximum atomic E-state index is 12.0. The Labute approximate surface area is 121 Å². The summed E-state index contributed by atoms with van der Waals surface area (Å²) in [5.74, 6) is 0.0495. The zero-order chi connectivity index (χ0) is 15.6. The van der Waals surface area contributed by atoms with Crippen LogP contribution in [-0.2, 0) is 11.3 Å². The molecule has 1 aromatic heterocycles. The van der Waals surface area contributed by atoms with Crippen LogP contribution in [0, 0.1) is 5.92 Å². The molecule has 0 radical (unpaired) electrons. The van der Waals surface area contributed by atoms with E-state index in [-0.39, 0.29) is 18.5 Å². The summed E-state index contributed by atoms with van der Waals surface area (Å²) in [6, 6.07) is 6.74. The van der Waals surface area contributed by atoms with Crippen molar-refractivity contribution in [2.24, 2.45) is 5.92 Å². The number of hydrogen-bond acceptors (Lipinski definition) is 3. The van der Waals surface area contributed by atoms with E-state index in [0.29, 0.717) is 16.8 Å². The molecular formula is C15H19N3O3. The Kier molecular flexibility index (Phi) is 4.26. The van der Waals surface area contributed by atoms with Crippen molar-refractivity contribution in [3.05, 3.63) is 45.1 Å². The first-order valence-corrected chi connectivity index (χ1v) is 6.91. The lowest BCUT2D eigenvalue weighted by molar-refractivity contribution is -0.122. The van der Waals surface area contributed by atoms with Gasteiger partial charge in [0, 0.05) is 6.04 Å². The SMILES string of the molecule is CC(C)[C@@H](C)NC(=O)Cn1c(=O)[nH]c(=O)c2ccccc21. The number of fused-ring (bicyclic) bond motifs is 1. The molecule has 0 bridgehead atoms. The number of carbonyl (C=O) groups excluding carboxylic acids is 1. The number of aromatic amines is 1. The van der Waals surface area contributed by atoms with Crippen LogP contribution in [0.1, 0.15) is 20.8 Å². The van der Waals surface area contributed by atoms with Crippen LogP contribution in [-0.4, -0.2) is 21.5 Å². The summed E-state index contributed by atoms with van der Waals surface area (Å²) < 4.78 is 1.28. The van der Waals surface area contributed by atoms with Crippen LogP contribution in [0.3, 0.4) is 0 Å².